The molecule has 0 unspecified atom stereocenters. The fourth-order valence-electron chi connectivity index (χ4n) is 3.09. The summed E-state index contributed by atoms with van der Waals surface area (Å²) in [5.41, 5.74) is 1.20. The van der Waals surface area contributed by atoms with Crippen LogP contribution < -0.4 is 5.32 Å². The second kappa shape index (κ2) is 8.90. The predicted molar refractivity (Wildman–Crippen MR) is 91.3 cm³/mol. The van der Waals surface area contributed by atoms with Crippen LogP contribution in [0.5, 0.6) is 0 Å². The highest BCUT2D eigenvalue weighted by Gasteiger charge is 2.29. The van der Waals surface area contributed by atoms with E-state index in [9.17, 15) is 0 Å². The molecule has 0 amide bonds. The lowest BCUT2D eigenvalue weighted by molar-refractivity contribution is 0.299. The maximum Gasteiger partial charge on any atom is 0.0804 e. The average molecular weight is 283 g/mol. The average Bonchev–Trinajstić information content (AvgIpc) is 2.55. The standard InChI is InChI=1S/C20H29N/c1-2-3-4-11-18-21-20(15-9-6-10-16-20)17-14-19-12-7-5-8-13-19/h5,7-8,12-13,21H,2-4,6,9-11,15-16,18H2,1H3. The van der Waals surface area contributed by atoms with E-state index >= 15 is 0 Å². The van der Waals surface area contributed by atoms with Gasteiger partial charge in [-0.3, -0.25) is 0 Å². The number of hydrogen-bond acceptors (Lipinski definition) is 1. The third-order valence-electron chi connectivity index (χ3n) is 4.42. The van der Waals surface area contributed by atoms with Crippen LogP contribution in [0.1, 0.15) is 70.3 Å². The molecule has 1 aliphatic rings. The molecule has 1 fully saturated rings. The molecular formula is C20H29N. The van der Waals surface area contributed by atoms with E-state index in [2.05, 4.69) is 48.3 Å². The maximum atomic E-state index is 3.79. The SMILES string of the molecule is CCCCCCNC1(C#Cc2ccccc2)CCCCC1. The second-order valence-electron chi connectivity index (χ2n) is 6.25. The van der Waals surface area contributed by atoms with Crippen molar-refractivity contribution in [2.45, 2.75) is 70.3 Å². The first-order valence-electron chi connectivity index (χ1n) is 8.68. The third-order valence-corrected chi connectivity index (χ3v) is 4.42. The van der Waals surface area contributed by atoms with Gasteiger partial charge in [0.05, 0.1) is 5.54 Å². The monoisotopic (exact) mass is 283 g/mol. The van der Waals surface area contributed by atoms with Crippen molar-refractivity contribution in [3.05, 3.63) is 35.9 Å². The summed E-state index contributed by atoms with van der Waals surface area (Å²) in [5, 5.41) is 3.79. The summed E-state index contributed by atoms with van der Waals surface area (Å²) in [4.78, 5) is 0. The first kappa shape index (κ1) is 16.1. The Kier molecular flexibility index (Phi) is 6.83. The number of nitrogens with one attached hydrogen (secondary N) is 1. The van der Waals surface area contributed by atoms with E-state index in [1.165, 1.54) is 57.8 Å². The Morgan fingerprint density at radius 3 is 2.48 bits per heavy atom. The molecule has 1 aliphatic carbocycles. The molecule has 0 saturated heterocycles. The Labute approximate surface area is 130 Å². The topological polar surface area (TPSA) is 12.0 Å². The van der Waals surface area contributed by atoms with Crippen LogP contribution >= 0.6 is 0 Å². The van der Waals surface area contributed by atoms with Crippen LogP contribution in [0.25, 0.3) is 0 Å². The summed E-state index contributed by atoms with van der Waals surface area (Å²) >= 11 is 0. The molecule has 0 aliphatic heterocycles. The van der Waals surface area contributed by atoms with Crippen LogP contribution in [0.3, 0.4) is 0 Å². The number of benzene rings is 1. The van der Waals surface area contributed by atoms with Gasteiger partial charge in [0.15, 0.2) is 0 Å². The van der Waals surface area contributed by atoms with Crippen molar-refractivity contribution in [2.24, 2.45) is 0 Å². The van der Waals surface area contributed by atoms with E-state index in [1.54, 1.807) is 0 Å². The van der Waals surface area contributed by atoms with Crippen LogP contribution in [-0.4, -0.2) is 12.1 Å². The van der Waals surface area contributed by atoms with Crippen molar-refractivity contribution in [2.75, 3.05) is 6.54 Å². The molecule has 0 spiro atoms. The highest BCUT2D eigenvalue weighted by molar-refractivity contribution is 5.36. The number of unbranched alkanes of at least 4 members (excludes halogenated alkanes) is 3. The molecule has 0 aromatic heterocycles. The van der Waals surface area contributed by atoms with Gasteiger partial charge in [-0.15, -0.1) is 0 Å². The quantitative estimate of drug-likeness (QED) is 0.578. The van der Waals surface area contributed by atoms with Gasteiger partial charge in [0.2, 0.25) is 0 Å². The van der Waals surface area contributed by atoms with Crippen molar-refractivity contribution >= 4 is 0 Å². The molecular weight excluding hydrogens is 254 g/mol. The number of rotatable bonds is 6. The van der Waals surface area contributed by atoms with Crippen LogP contribution in [0.15, 0.2) is 30.3 Å². The first-order valence-corrected chi connectivity index (χ1v) is 8.68. The molecule has 0 heterocycles. The zero-order chi connectivity index (χ0) is 14.8. The van der Waals surface area contributed by atoms with E-state index in [0.29, 0.717) is 0 Å². The molecule has 2 rings (SSSR count). The van der Waals surface area contributed by atoms with Crippen molar-refractivity contribution in [1.29, 1.82) is 0 Å². The lowest BCUT2D eigenvalue weighted by Crippen LogP contribution is -2.46. The first-order chi connectivity index (χ1) is 10.3. The largest absolute Gasteiger partial charge is 0.301 e. The zero-order valence-electron chi connectivity index (χ0n) is 13.5. The molecule has 1 N–H and O–H groups in total. The van der Waals surface area contributed by atoms with Gasteiger partial charge >= 0.3 is 0 Å². The third kappa shape index (κ3) is 5.56. The Morgan fingerprint density at radius 2 is 1.76 bits per heavy atom. The molecule has 114 valence electrons. The van der Waals surface area contributed by atoms with E-state index in [4.69, 9.17) is 0 Å². The lowest BCUT2D eigenvalue weighted by atomic mass is 9.82. The van der Waals surface area contributed by atoms with Gasteiger partial charge in [0, 0.05) is 5.56 Å². The maximum absolute atomic E-state index is 3.79. The summed E-state index contributed by atoms with van der Waals surface area (Å²) in [6, 6.07) is 10.4. The zero-order valence-corrected chi connectivity index (χ0v) is 13.5. The fourth-order valence-corrected chi connectivity index (χ4v) is 3.09. The second-order valence-corrected chi connectivity index (χ2v) is 6.25. The molecule has 1 heteroatoms. The molecule has 21 heavy (non-hydrogen) atoms. The predicted octanol–water partition coefficient (Wildman–Crippen LogP) is 4.91. The highest BCUT2D eigenvalue weighted by atomic mass is 15.0. The summed E-state index contributed by atoms with van der Waals surface area (Å²) < 4.78 is 0. The van der Waals surface area contributed by atoms with Gasteiger partial charge < -0.3 is 5.32 Å². The molecule has 1 aromatic rings. The molecule has 1 saturated carbocycles. The Morgan fingerprint density at radius 1 is 1.00 bits per heavy atom. The van der Waals surface area contributed by atoms with Gasteiger partial charge in [-0.1, -0.05) is 75.5 Å². The summed E-state index contributed by atoms with van der Waals surface area (Å²) in [5.74, 6) is 6.98. The van der Waals surface area contributed by atoms with Crippen molar-refractivity contribution < 1.29 is 0 Å². The Hall–Kier alpha value is -1.26. The normalized spacial score (nSPS) is 17.0. The lowest BCUT2D eigenvalue weighted by Gasteiger charge is -2.33. The molecule has 0 atom stereocenters. The molecule has 0 radical (unpaired) electrons. The minimum absolute atomic E-state index is 0.0697. The smallest absolute Gasteiger partial charge is 0.0804 e. The summed E-state index contributed by atoms with van der Waals surface area (Å²) in [7, 11) is 0. The van der Waals surface area contributed by atoms with E-state index in [0.717, 1.165) is 12.1 Å². The highest BCUT2D eigenvalue weighted by Crippen LogP contribution is 2.27. The van der Waals surface area contributed by atoms with E-state index < -0.39 is 0 Å². The molecule has 0 bridgehead atoms. The van der Waals surface area contributed by atoms with Crippen LogP contribution in [0, 0.1) is 11.8 Å². The van der Waals surface area contributed by atoms with Gasteiger partial charge in [-0.05, 0) is 37.9 Å². The van der Waals surface area contributed by atoms with E-state index in [1.807, 2.05) is 6.07 Å². The van der Waals surface area contributed by atoms with Gasteiger partial charge in [-0.25, -0.2) is 0 Å². The van der Waals surface area contributed by atoms with Crippen LogP contribution in [0.4, 0.5) is 0 Å². The van der Waals surface area contributed by atoms with Crippen molar-refractivity contribution in [3.8, 4) is 11.8 Å². The molecule has 1 nitrogen and oxygen atoms in total. The van der Waals surface area contributed by atoms with Crippen molar-refractivity contribution in [3.63, 3.8) is 0 Å². The Bertz CT molecular complexity index is 446. The summed E-state index contributed by atoms with van der Waals surface area (Å²) in [6.07, 6.45) is 11.7. The Balaban J connectivity index is 1.95. The minimum Gasteiger partial charge on any atom is -0.301 e. The van der Waals surface area contributed by atoms with Crippen molar-refractivity contribution in [1.82, 2.24) is 5.32 Å². The van der Waals surface area contributed by atoms with Crippen LogP contribution in [-0.2, 0) is 0 Å². The summed E-state index contributed by atoms with van der Waals surface area (Å²) in [6.45, 7) is 3.38. The fraction of sp³-hybridized carbons (Fsp3) is 0.600. The van der Waals surface area contributed by atoms with Gasteiger partial charge in [0.25, 0.3) is 0 Å². The van der Waals surface area contributed by atoms with Crippen LogP contribution in [0.2, 0.25) is 0 Å². The molecule has 1 aromatic carbocycles. The van der Waals surface area contributed by atoms with E-state index in [-0.39, 0.29) is 5.54 Å². The minimum atomic E-state index is 0.0697. The van der Waals surface area contributed by atoms with Gasteiger partial charge in [-0.2, -0.15) is 0 Å². The van der Waals surface area contributed by atoms with Gasteiger partial charge in [0.1, 0.15) is 0 Å². The number of hydrogen-bond donors (Lipinski definition) is 1.